The molecule has 0 saturated heterocycles. The SMILES string of the molecule is Cc1c(-c2cc3cc(NC(=O)OC4CC(C(F)F)C4)ncc3c(N)c2F)cnc2c1NCCO2. The number of halogens is 3. The maximum atomic E-state index is 15.2. The van der Waals surface area contributed by atoms with E-state index < -0.39 is 30.4 Å². The van der Waals surface area contributed by atoms with E-state index in [0.29, 0.717) is 41.1 Å². The first-order chi connectivity index (χ1) is 16.3. The van der Waals surface area contributed by atoms with Gasteiger partial charge in [0.1, 0.15) is 24.2 Å². The number of carbonyl (C=O) groups is 1. The molecule has 5 rings (SSSR count). The number of aromatic nitrogens is 2. The summed E-state index contributed by atoms with van der Waals surface area (Å²) in [4.78, 5) is 20.5. The first-order valence-electron chi connectivity index (χ1n) is 10.8. The zero-order valence-corrected chi connectivity index (χ0v) is 18.2. The van der Waals surface area contributed by atoms with E-state index in [-0.39, 0.29) is 29.9 Å². The molecule has 1 aliphatic heterocycles. The third kappa shape index (κ3) is 3.91. The summed E-state index contributed by atoms with van der Waals surface area (Å²) in [5, 5.41) is 6.63. The van der Waals surface area contributed by atoms with Crippen LogP contribution in [0.2, 0.25) is 0 Å². The molecule has 2 aromatic heterocycles. The second-order valence-corrected chi connectivity index (χ2v) is 8.41. The molecule has 2 aliphatic rings. The number of anilines is 3. The summed E-state index contributed by atoms with van der Waals surface area (Å²) in [6.45, 7) is 2.95. The number of hydrogen-bond donors (Lipinski definition) is 3. The van der Waals surface area contributed by atoms with Crippen LogP contribution in [-0.4, -0.2) is 41.7 Å². The zero-order valence-electron chi connectivity index (χ0n) is 18.2. The Morgan fingerprint density at radius 2 is 2.06 bits per heavy atom. The number of hydrogen-bond acceptors (Lipinski definition) is 7. The molecule has 8 nitrogen and oxygen atoms in total. The van der Waals surface area contributed by atoms with Gasteiger partial charge in [-0.1, -0.05) is 0 Å². The van der Waals surface area contributed by atoms with Crippen molar-refractivity contribution in [3.05, 3.63) is 35.9 Å². The van der Waals surface area contributed by atoms with E-state index in [2.05, 4.69) is 20.6 Å². The highest BCUT2D eigenvalue weighted by atomic mass is 19.3. The Morgan fingerprint density at radius 1 is 1.26 bits per heavy atom. The number of benzene rings is 1. The molecule has 4 N–H and O–H groups in total. The predicted molar refractivity (Wildman–Crippen MR) is 121 cm³/mol. The number of nitrogen functional groups attached to an aromatic ring is 1. The summed E-state index contributed by atoms with van der Waals surface area (Å²) in [5.41, 5.74) is 8.26. The van der Waals surface area contributed by atoms with Crippen LogP contribution >= 0.6 is 0 Å². The van der Waals surface area contributed by atoms with Crippen LogP contribution < -0.4 is 21.1 Å². The topological polar surface area (TPSA) is 111 Å². The molecule has 1 saturated carbocycles. The number of amides is 1. The van der Waals surface area contributed by atoms with Crippen molar-refractivity contribution in [2.24, 2.45) is 5.92 Å². The van der Waals surface area contributed by atoms with Crippen molar-refractivity contribution in [2.75, 3.05) is 29.5 Å². The summed E-state index contributed by atoms with van der Waals surface area (Å²) < 4.78 is 51.1. The average Bonchev–Trinajstić information content (AvgIpc) is 2.79. The third-order valence-electron chi connectivity index (χ3n) is 6.23. The van der Waals surface area contributed by atoms with Gasteiger partial charge < -0.3 is 20.5 Å². The van der Waals surface area contributed by atoms with Gasteiger partial charge in [-0.05, 0) is 42.8 Å². The maximum absolute atomic E-state index is 15.2. The Bertz CT molecular complexity index is 1280. The smallest absolute Gasteiger partial charge is 0.413 e. The van der Waals surface area contributed by atoms with Crippen LogP contribution in [0.4, 0.5) is 35.2 Å². The van der Waals surface area contributed by atoms with Gasteiger partial charge in [0.2, 0.25) is 12.3 Å². The summed E-state index contributed by atoms with van der Waals surface area (Å²) in [6, 6.07) is 3.15. The average molecular weight is 473 g/mol. The molecule has 34 heavy (non-hydrogen) atoms. The summed E-state index contributed by atoms with van der Waals surface area (Å²) >= 11 is 0. The van der Waals surface area contributed by atoms with Crippen molar-refractivity contribution >= 4 is 34.1 Å². The third-order valence-corrected chi connectivity index (χ3v) is 6.23. The van der Waals surface area contributed by atoms with E-state index in [1.54, 1.807) is 12.1 Å². The standard InChI is InChI=1S/C23H22F3N5O3/c1-10-15(8-30-22-20(10)28-2-3-33-22)14-6-11-7-17(29-9-16(11)19(27)18(14)24)31-23(32)34-13-4-12(5-13)21(25)26/h6-9,12-13,21,28H,2-5,27H2,1H3,(H,29,31,32). The van der Waals surface area contributed by atoms with Gasteiger partial charge in [0, 0.05) is 41.4 Å². The van der Waals surface area contributed by atoms with E-state index in [0.717, 1.165) is 5.56 Å². The lowest BCUT2D eigenvalue weighted by molar-refractivity contribution is -0.0478. The molecule has 0 bridgehead atoms. The van der Waals surface area contributed by atoms with Crippen molar-refractivity contribution < 1.29 is 27.4 Å². The molecular formula is C23H22F3N5O3. The molecule has 0 radical (unpaired) electrons. The van der Waals surface area contributed by atoms with Gasteiger partial charge in [-0.2, -0.15) is 0 Å². The second-order valence-electron chi connectivity index (χ2n) is 8.41. The highest BCUT2D eigenvalue weighted by Crippen LogP contribution is 2.40. The van der Waals surface area contributed by atoms with Gasteiger partial charge in [0.15, 0.2) is 5.82 Å². The van der Waals surface area contributed by atoms with E-state index in [9.17, 15) is 13.6 Å². The highest BCUT2D eigenvalue weighted by molar-refractivity contribution is 5.99. The quantitative estimate of drug-likeness (QED) is 0.470. The number of alkyl halides is 2. The van der Waals surface area contributed by atoms with Gasteiger partial charge in [-0.25, -0.2) is 27.9 Å². The van der Waals surface area contributed by atoms with Crippen molar-refractivity contribution in [1.82, 2.24) is 9.97 Å². The van der Waals surface area contributed by atoms with Gasteiger partial charge >= 0.3 is 6.09 Å². The normalized spacial score (nSPS) is 19.1. The predicted octanol–water partition coefficient (Wildman–Crippen LogP) is 4.72. The summed E-state index contributed by atoms with van der Waals surface area (Å²) in [5.74, 6) is -0.720. The number of nitrogens with one attached hydrogen (secondary N) is 2. The number of carbonyl (C=O) groups excluding carboxylic acids is 1. The van der Waals surface area contributed by atoms with Crippen LogP contribution in [-0.2, 0) is 4.74 Å². The van der Waals surface area contributed by atoms with Crippen LogP contribution in [0, 0.1) is 18.7 Å². The Kier molecular flexibility index (Phi) is 5.54. The Morgan fingerprint density at radius 3 is 2.82 bits per heavy atom. The van der Waals surface area contributed by atoms with Crippen LogP contribution in [0.5, 0.6) is 5.88 Å². The fourth-order valence-electron chi connectivity index (χ4n) is 4.25. The maximum Gasteiger partial charge on any atom is 0.413 e. The Labute approximate surface area is 192 Å². The second kappa shape index (κ2) is 8.54. The lowest BCUT2D eigenvalue weighted by Crippen LogP contribution is -2.38. The van der Waals surface area contributed by atoms with E-state index in [1.807, 2.05) is 6.92 Å². The highest BCUT2D eigenvalue weighted by Gasteiger charge is 2.38. The minimum absolute atomic E-state index is 0.0806. The molecule has 11 heteroatoms. The van der Waals surface area contributed by atoms with Crippen molar-refractivity contribution in [3.8, 4) is 17.0 Å². The molecule has 178 valence electrons. The number of ether oxygens (including phenoxy) is 2. The lowest BCUT2D eigenvalue weighted by atomic mass is 9.83. The fraction of sp³-hybridized carbons (Fsp3) is 0.348. The number of pyridine rings is 2. The summed E-state index contributed by atoms with van der Waals surface area (Å²) in [6.07, 6.45) is -0.604. The number of fused-ring (bicyclic) bond motifs is 2. The first-order valence-corrected chi connectivity index (χ1v) is 10.8. The molecule has 1 aliphatic carbocycles. The van der Waals surface area contributed by atoms with Crippen LogP contribution in [0.15, 0.2) is 24.5 Å². The van der Waals surface area contributed by atoms with Crippen LogP contribution in [0.1, 0.15) is 18.4 Å². The van der Waals surface area contributed by atoms with Crippen molar-refractivity contribution in [3.63, 3.8) is 0 Å². The van der Waals surface area contributed by atoms with Gasteiger partial charge in [0.25, 0.3) is 0 Å². The lowest BCUT2D eigenvalue weighted by Gasteiger charge is -2.33. The zero-order chi connectivity index (χ0) is 24.0. The molecule has 1 amide bonds. The van der Waals surface area contributed by atoms with E-state index in [4.69, 9.17) is 15.2 Å². The summed E-state index contributed by atoms with van der Waals surface area (Å²) in [7, 11) is 0. The molecule has 0 unspecified atom stereocenters. The molecule has 1 aromatic carbocycles. The largest absolute Gasteiger partial charge is 0.474 e. The Balaban J connectivity index is 1.42. The number of nitrogens with two attached hydrogens (primary N) is 1. The monoisotopic (exact) mass is 473 g/mol. The number of rotatable bonds is 4. The van der Waals surface area contributed by atoms with E-state index >= 15 is 4.39 Å². The van der Waals surface area contributed by atoms with Crippen LogP contribution in [0.25, 0.3) is 21.9 Å². The first kappa shape index (κ1) is 22.1. The molecule has 0 atom stereocenters. The van der Waals surface area contributed by atoms with Gasteiger partial charge in [-0.15, -0.1) is 0 Å². The molecule has 3 heterocycles. The number of nitrogens with zero attached hydrogens (tertiary/aromatic N) is 2. The van der Waals surface area contributed by atoms with Crippen molar-refractivity contribution in [2.45, 2.75) is 32.3 Å². The van der Waals surface area contributed by atoms with Gasteiger partial charge in [-0.3, -0.25) is 5.32 Å². The molecular weight excluding hydrogens is 451 g/mol. The molecule has 0 spiro atoms. The van der Waals surface area contributed by atoms with Crippen molar-refractivity contribution in [1.29, 1.82) is 0 Å². The Hall–Kier alpha value is -3.76. The van der Waals surface area contributed by atoms with Crippen LogP contribution in [0.3, 0.4) is 0 Å². The molecule has 1 fully saturated rings. The minimum atomic E-state index is -2.41. The fourth-order valence-corrected chi connectivity index (χ4v) is 4.25. The minimum Gasteiger partial charge on any atom is -0.474 e. The molecule has 3 aromatic rings. The van der Waals surface area contributed by atoms with Gasteiger partial charge in [0.05, 0.1) is 5.69 Å². The van der Waals surface area contributed by atoms with E-state index in [1.165, 1.54) is 12.4 Å².